The summed E-state index contributed by atoms with van der Waals surface area (Å²) in [5, 5.41) is 12.7. The number of phenols is 1. The first-order chi connectivity index (χ1) is 10.7. The summed E-state index contributed by atoms with van der Waals surface area (Å²) >= 11 is 1.61. The highest BCUT2D eigenvalue weighted by Crippen LogP contribution is 2.33. The lowest BCUT2D eigenvalue weighted by Gasteiger charge is -2.32. The molecule has 6 heteroatoms. The number of aromatic nitrogens is 1. The Bertz CT molecular complexity index is 644. The van der Waals surface area contributed by atoms with Crippen LogP contribution in [0.3, 0.4) is 0 Å². The number of ether oxygens (including phenoxy) is 2. The van der Waals surface area contributed by atoms with Gasteiger partial charge in [0.25, 0.3) is 0 Å². The van der Waals surface area contributed by atoms with Crippen molar-refractivity contribution in [2.24, 2.45) is 0 Å². The van der Waals surface area contributed by atoms with Crippen molar-refractivity contribution in [1.29, 1.82) is 0 Å². The van der Waals surface area contributed by atoms with E-state index in [1.54, 1.807) is 24.5 Å². The van der Waals surface area contributed by atoms with Crippen LogP contribution in [0.2, 0.25) is 0 Å². The van der Waals surface area contributed by atoms with Gasteiger partial charge in [0.05, 0.1) is 26.0 Å². The predicted octanol–water partition coefficient (Wildman–Crippen LogP) is 2.75. The second-order valence-electron chi connectivity index (χ2n) is 5.43. The van der Waals surface area contributed by atoms with Crippen LogP contribution >= 0.6 is 11.3 Å². The summed E-state index contributed by atoms with van der Waals surface area (Å²) in [4.78, 5) is 7.10. The summed E-state index contributed by atoms with van der Waals surface area (Å²) < 4.78 is 10.6. The summed E-state index contributed by atoms with van der Waals surface area (Å²) in [6, 6.07) is 5.74. The number of rotatable bonds is 4. The molecule has 0 bridgehead atoms. The molecule has 1 fully saturated rings. The number of nitrogens with zero attached hydrogens (tertiary/aromatic N) is 2. The molecule has 1 N–H and O–H groups in total. The lowest BCUT2D eigenvalue weighted by atomic mass is 10.2. The molecule has 5 nitrogen and oxygen atoms in total. The van der Waals surface area contributed by atoms with Gasteiger partial charge in [0, 0.05) is 30.1 Å². The third-order valence-corrected chi connectivity index (χ3v) is 4.79. The highest BCUT2D eigenvalue weighted by Gasteiger charge is 2.20. The normalized spacial score (nSPS) is 19.3. The van der Waals surface area contributed by atoms with Crippen molar-refractivity contribution in [2.45, 2.75) is 19.5 Å². The molecule has 3 rings (SSSR count). The maximum absolute atomic E-state index is 9.67. The zero-order chi connectivity index (χ0) is 15.5. The Hall–Kier alpha value is -1.63. The van der Waals surface area contributed by atoms with Gasteiger partial charge in [-0.05, 0) is 25.1 Å². The fourth-order valence-electron chi connectivity index (χ4n) is 2.53. The van der Waals surface area contributed by atoms with Gasteiger partial charge < -0.3 is 14.6 Å². The Morgan fingerprint density at radius 3 is 3.14 bits per heavy atom. The molecule has 1 atom stereocenters. The number of hydrogen-bond donors (Lipinski definition) is 1. The number of hydrogen-bond acceptors (Lipinski definition) is 6. The Morgan fingerprint density at radius 1 is 1.50 bits per heavy atom. The number of benzene rings is 1. The van der Waals surface area contributed by atoms with Crippen LogP contribution in [0.1, 0.15) is 12.6 Å². The smallest absolute Gasteiger partial charge is 0.161 e. The molecule has 1 unspecified atom stereocenters. The number of thiazole rings is 1. The Kier molecular flexibility index (Phi) is 4.61. The Balaban J connectivity index is 1.76. The molecule has 0 aliphatic carbocycles. The first kappa shape index (κ1) is 15.3. The zero-order valence-corrected chi connectivity index (χ0v) is 13.6. The number of phenolic OH excluding ortho intramolecular Hbond substituents is 1. The zero-order valence-electron chi connectivity index (χ0n) is 12.8. The van der Waals surface area contributed by atoms with Crippen molar-refractivity contribution < 1.29 is 14.6 Å². The molecule has 2 aromatic rings. The maximum Gasteiger partial charge on any atom is 0.161 e. The summed E-state index contributed by atoms with van der Waals surface area (Å²) in [5.41, 5.74) is 2.03. The fourth-order valence-corrected chi connectivity index (χ4v) is 3.34. The van der Waals surface area contributed by atoms with Gasteiger partial charge >= 0.3 is 0 Å². The first-order valence-corrected chi connectivity index (χ1v) is 8.19. The minimum atomic E-state index is 0.144. The van der Waals surface area contributed by atoms with E-state index in [1.165, 1.54) is 0 Å². The molecule has 1 aromatic carbocycles. The summed E-state index contributed by atoms with van der Waals surface area (Å²) in [7, 11) is 1.55. The molecule has 118 valence electrons. The molecule has 1 aliphatic heterocycles. The van der Waals surface area contributed by atoms with Gasteiger partial charge in [-0.15, -0.1) is 11.3 Å². The average molecular weight is 320 g/mol. The van der Waals surface area contributed by atoms with Crippen LogP contribution in [0.4, 0.5) is 0 Å². The van der Waals surface area contributed by atoms with Gasteiger partial charge in [-0.2, -0.15) is 0 Å². The van der Waals surface area contributed by atoms with Crippen LogP contribution < -0.4 is 4.74 Å². The van der Waals surface area contributed by atoms with Gasteiger partial charge in [-0.3, -0.25) is 4.90 Å². The highest BCUT2D eigenvalue weighted by atomic mass is 32.1. The van der Waals surface area contributed by atoms with Crippen molar-refractivity contribution in [3.8, 4) is 22.1 Å². The fraction of sp³-hybridized carbons (Fsp3) is 0.438. The van der Waals surface area contributed by atoms with Crippen LogP contribution in [0, 0.1) is 0 Å². The van der Waals surface area contributed by atoms with Crippen molar-refractivity contribution in [3.63, 3.8) is 0 Å². The van der Waals surface area contributed by atoms with Gasteiger partial charge in [0.1, 0.15) is 5.01 Å². The lowest BCUT2D eigenvalue weighted by Crippen LogP contribution is -2.42. The monoisotopic (exact) mass is 320 g/mol. The van der Waals surface area contributed by atoms with Crippen molar-refractivity contribution in [2.75, 3.05) is 26.9 Å². The molecule has 0 amide bonds. The Morgan fingerprint density at radius 2 is 2.36 bits per heavy atom. The summed E-state index contributed by atoms with van der Waals surface area (Å²) in [6.45, 7) is 5.54. The topological polar surface area (TPSA) is 54.8 Å². The van der Waals surface area contributed by atoms with E-state index in [0.29, 0.717) is 11.8 Å². The second kappa shape index (κ2) is 6.64. The van der Waals surface area contributed by atoms with Gasteiger partial charge in [-0.25, -0.2) is 4.98 Å². The van der Waals surface area contributed by atoms with Crippen LogP contribution in [0.15, 0.2) is 23.6 Å². The lowest BCUT2D eigenvalue weighted by molar-refractivity contribution is -0.00482. The van der Waals surface area contributed by atoms with E-state index in [2.05, 4.69) is 17.2 Å². The van der Waals surface area contributed by atoms with E-state index < -0.39 is 0 Å². The van der Waals surface area contributed by atoms with E-state index >= 15 is 0 Å². The van der Waals surface area contributed by atoms with Crippen molar-refractivity contribution in [1.82, 2.24) is 9.88 Å². The van der Waals surface area contributed by atoms with E-state index in [4.69, 9.17) is 14.5 Å². The highest BCUT2D eigenvalue weighted by molar-refractivity contribution is 7.13. The van der Waals surface area contributed by atoms with Crippen LogP contribution in [0.5, 0.6) is 11.5 Å². The average Bonchev–Trinajstić information content (AvgIpc) is 2.99. The van der Waals surface area contributed by atoms with Crippen molar-refractivity contribution in [3.05, 3.63) is 29.3 Å². The standard InChI is InChI=1S/C16H20N2O3S/c1-11-9-21-6-5-18(11)8-13-10-22-16(17-13)12-3-4-14(19)15(7-12)20-2/h3-4,7,10-11,19H,5-6,8-9H2,1-2H3. The molecule has 0 spiro atoms. The molecule has 22 heavy (non-hydrogen) atoms. The molecule has 2 heterocycles. The molecular weight excluding hydrogens is 300 g/mol. The predicted molar refractivity (Wildman–Crippen MR) is 86.5 cm³/mol. The van der Waals surface area contributed by atoms with Crippen LogP contribution in [-0.4, -0.2) is 47.9 Å². The summed E-state index contributed by atoms with van der Waals surface area (Å²) in [6.07, 6.45) is 0. The number of morpholine rings is 1. The molecule has 1 saturated heterocycles. The van der Waals surface area contributed by atoms with E-state index in [9.17, 15) is 5.11 Å². The minimum absolute atomic E-state index is 0.144. The van der Waals surface area contributed by atoms with Gasteiger partial charge in [-0.1, -0.05) is 0 Å². The Labute approximate surface area is 134 Å². The molecule has 1 aliphatic rings. The van der Waals surface area contributed by atoms with Crippen LogP contribution in [0.25, 0.3) is 10.6 Å². The maximum atomic E-state index is 9.67. The van der Waals surface area contributed by atoms with E-state index in [0.717, 1.165) is 42.6 Å². The first-order valence-electron chi connectivity index (χ1n) is 7.31. The number of methoxy groups -OCH3 is 1. The van der Waals surface area contributed by atoms with Gasteiger partial charge in [0.15, 0.2) is 11.5 Å². The minimum Gasteiger partial charge on any atom is -0.504 e. The number of aromatic hydroxyl groups is 1. The van der Waals surface area contributed by atoms with E-state index in [-0.39, 0.29) is 5.75 Å². The van der Waals surface area contributed by atoms with Gasteiger partial charge in [0.2, 0.25) is 0 Å². The summed E-state index contributed by atoms with van der Waals surface area (Å²) in [5.74, 6) is 0.612. The third-order valence-electron chi connectivity index (χ3n) is 3.85. The van der Waals surface area contributed by atoms with Crippen molar-refractivity contribution >= 4 is 11.3 Å². The van der Waals surface area contributed by atoms with Crippen LogP contribution in [-0.2, 0) is 11.3 Å². The molecule has 0 radical (unpaired) electrons. The molecule has 1 aromatic heterocycles. The molecular formula is C16H20N2O3S. The molecule has 0 saturated carbocycles. The largest absolute Gasteiger partial charge is 0.504 e. The van der Waals surface area contributed by atoms with E-state index in [1.807, 2.05) is 12.1 Å². The quantitative estimate of drug-likeness (QED) is 0.939. The second-order valence-corrected chi connectivity index (χ2v) is 6.28. The third kappa shape index (κ3) is 3.24. The SMILES string of the molecule is COc1cc(-c2nc(CN3CCOCC3C)cs2)ccc1O.